The maximum Gasteiger partial charge on any atom is 0.471 e. The molecule has 0 aliphatic heterocycles. The Kier molecular flexibility index (Phi) is 4.97. The normalized spacial score (nSPS) is 10.9. The lowest BCUT2D eigenvalue weighted by atomic mass is 10.2. The first-order chi connectivity index (χ1) is 8.88. The summed E-state index contributed by atoms with van der Waals surface area (Å²) in [6.45, 7) is 3.06. The van der Waals surface area contributed by atoms with E-state index >= 15 is 0 Å². The van der Waals surface area contributed by atoms with E-state index in [2.05, 4.69) is 6.58 Å². The summed E-state index contributed by atoms with van der Waals surface area (Å²) < 4.78 is 42.1. The molecule has 0 spiro atoms. The Labute approximate surface area is 109 Å². The van der Waals surface area contributed by atoms with Crippen LogP contribution in [0.1, 0.15) is 5.56 Å². The van der Waals surface area contributed by atoms with Crippen LogP contribution >= 0.6 is 0 Å². The number of halogens is 3. The van der Waals surface area contributed by atoms with Gasteiger partial charge in [-0.05, 0) is 17.7 Å². The number of methoxy groups -OCH3 is 1. The van der Waals surface area contributed by atoms with Crippen LogP contribution in [0.2, 0.25) is 0 Å². The number of alkyl halides is 3. The summed E-state index contributed by atoms with van der Waals surface area (Å²) in [6.07, 6.45) is -3.62. The van der Waals surface area contributed by atoms with Gasteiger partial charge in [-0.15, -0.1) is 6.58 Å². The summed E-state index contributed by atoms with van der Waals surface area (Å²) >= 11 is 0. The maximum absolute atomic E-state index is 12.4. The molecule has 1 rings (SSSR count). The van der Waals surface area contributed by atoms with Gasteiger partial charge in [0.25, 0.3) is 0 Å². The third kappa shape index (κ3) is 4.31. The van der Waals surface area contributed by atoms with Crippen LogP contribution in [-0.4, -0.2) is 30.6 Å². The molecular weight excluding hydrogens is 259 g/mol. The first kappa shape index (κ1) is 15.1. The van der Waals surface area contributed by atoms with Crippen LogP contribution in [0.4, 0.5) is 13.2 Å². The quantitative estimate of drug-likeness (QED) is 0.772. The van der Waals surface area contributed by atoms with E-state index in [0.29, 0.717) is 16.2 Å². The summed E-state index contributed by atoms with van der Waals surface area (Å²) in [6, 6.07) is 6.47. The van der Waals surface area contributed by atoms with Crippen molar-refractivity contribution in [3.63, 3.8) is 0 Å². The molecule has 0 aliphatic carbocycles. The van der Waals surface area contributed by atoms with Gasteiger partial charge in [0.1, 0.15) is 5.75 Å². The molecule has 104 valence electrons. The van der Waals surface area contributed by atoms with E-state index < -0.39 is 12.1 Å². The third-order valence-electron chi connectivity index (χ3n) is 2.41. The van der Waals surface area contributed by atoms with E-state index in [1.807, 2.05) is 0 Å². The summed E-state index contributed by atoms with van der Waals surface area (Å²) in [4.78, 5) is 11.9. The van der Waals surface area contributed by atoms with Gasteiger partial charge in [-0.1, -0.05) is 18.2 Å². The minimum absolute atomic E-state index is 0.131. The standard InChI is InChI=1S/C13H14F3NO2/c1-3-8-17(12(18)13(14,15)16)9-10-4-6-11(19-2)7-5-10/h3-7H,1,8-9H2,2H3. The van der Waals surface area contributed by atoms with Gasteiger partial charge in [0.2, 0.25) is 0 Å². The Morgan fingerprint density at radius 1 is 1.37 bits per heavy atom. The van der Waals surface area contributed by atoms with Crippen molar-refractivity contribution in [1.29, 1.82) is 0 Å². The highest BCUT2D eigenvalue weighted by atomic mass is 19.4. The van der Waals surface area contributed by atoms with Crippen molar-refractivity contribution < 1.29 is 22.7 Å². The average Bonchev–Trinajstić information content (AvgIpc) is 2.37. The van der Waals surface area contributed by atoms with Gasteiger partial charge >= 0.3 is 12.1 Å². The zero-order valence-corrected chi connectivity index (χ0v) is 10.4. The van der Waals surface area contributed by atoms with Gasteiger partial charge in [0.05, 0.1) is 7.11 Å². The van der Waals surface area contributed by atoms with Crippen molar-refractivity contribution in [3.05, 3.63) is 42.5 Å². The van der Waals surface area contributed by atoms with E-state index in [9.17, 15) is 18.0 Å². The number of hydrogen-bond donors (Lipinski definition) is 0. The molecule has 0 saturated carbocycles. The van der Waals surface area contributed by atoms with Crippen LogP contribution in [0.15, 0.2) is 36.9 Å². The minimum Gasteiger partial charge on any atom is -0.497 e. The molecule has 19 heavy (non-hydrogen) atoms. The molecule has 1 aromatic carbocycles. The van der Waals surface area contributed by atoms with Gasteiger partial charge in [0, 0.05) is 13.1 Å². The second-order valence-electron chi connectivity index (χ2n) is 3.82. The zero-order valence-electron chi connectivity index (χ0n) is 10.4. The molecule has 0 N–H and O–H groups in total. The molecule has 0 fully saturated rings. The highest BCUT2D eigenvalue weighted by Gasteiger charge is 2.42. The number of carbonyl (C=O) groups is 1. The van der Waals surface area contributed by atoms with Crippen molar-refractivity contribution in [2.24, 2.45) is 0 Å². The molecule has 0 aromatic heterocycles. The molecule has 6 heteroatoms. The molecule has 0 radical (unpaired) electrons. The number of benzene rings is 1. The summed E-state index contributed by atoms with van der Waals surface area (Å²) in [5.41, 5.74) is 0.584. The second-order valence-corrected chi connectivity index (χ2v) is 3.82. The van der Waals surface area contributed by atoms with Gasteiger partial charge in [-0.3, -0.25) is 4.79 Å². The van der Waals surface area contributed by atoms with E-state index in [1.54, 1.807) is 24.3 Å². The van der Waals surface area contributed by atoms with E-state index in [1.165, 1.54) is 13.2 Å². The molecule has 1 aromatic rings. The second kappa shape index (κ2) is 6.26. The fraction of sp³-hybridized carbons (Fsp3) is 0.308. The van der Waals surface area contributed by atoms with Crippen molar-refractivity contribution in [2.75, 3.05) is 13.7 Å². The molecular formula is C13H14F3NO2. The maximum atomic E-state index is 12.4. The van der Waals surface area contributed by atoms with Gasteiger partial charge in [-0.2, -0.15) is 13.2 Å². The number of amides is 1. The highest BCUT2D eigenvalue weighted by molar-refractivity contribution is 5.82. The number of rotatable bonds is 5. The van der Waals surface area contributed by atoms with Gasteiger partial charge in [-0.25, -0.2) is 0 Å². The number of carbonyl (C=O) groups excluding carboxylic acids is 1. The first-order valence-electron chi connectivity index (χ1n) is 5.48. The first-order valence-corrected chi connectivity index (χ1v) is 5.48. The fourth-order valence-electron chi connectivity index (χ4n) is 1.51. The lowest BCUT2D eigenvalue weighted by Gasteiger charge is -2.22. The topological polar surface area (TPSA) is 29.5 Å². The Morgan fingerprint density at radius 3 is 2.37 bits per heavy atom. The van der Waals surface area contributed by atoms with Crippen LogP contribution in [0.3, 0.4) is 0 Å². The van der Waals surface area contributed by atoms with Crippen molar-refractivity contribution in [1.82, 2.24) is 4.90 Å². The fourth-order valence-corrected chi connectivity index (χ4v) is 1.51. The Bertz CT molecular complexity index is 440. The zero-order chi connectivity index (χ0) is 14.5. The molecule has 0 aliphatic rings. The average molecular weight is 273 g/mol. The smallest absolute Gasteiger partial charge is 0.471 e. The van der Waals surface area contributed by atoms with E-state index in [0.717, 1.165) is 0 Å². The third-order valence-corrected chi connectivity index (χ3v) is 2.41. The van der Waals surface area contributed by atoms with Crippen LogP contribution < -0.4 is 4.74 Å². The summed E-state index contributed by atoms with van der Waals surface area (Å²) in [7, 11) is 1.49. The molecule has 0 saturated heterocycles. The number of hydrogen-bond acceptors (Lipinski definition) is 2. The molecule has 0 atom stereocenters. The lowest BCUT2D eigenvalue weighted by molar-refractivity contribution is -0.185. The molecule has 0 bridgehead atoms. The van der Waals surface area contributed by atoms with Gasteiger partial charge in [0.15, 0.2) is 0 Å². The number of nitrogens with zero attached hydrogens (tertiary/aromatic N) is 1. The van der Waals surface area contributed by atoms with Crippen molar-refractivity contribution in [3.8, 4) is 5.75 Å². The highest BCUT2D eigenvalue weighted by Crippen LogP contribution is 2.20. The Balaban J connectivity index is 2.83. The monoisotopic (exact) mass is 273 g/mol. The predicted molar refractivity (Wildman–Crippen MR) is 64.7 cm³/mol. The van der Waals surface area contributed by atoms with Crippen LogP contribution in [0.5, 0.6) is 5.75 Å². The van der Waals surface area contributed by atoms with E-state index in [4.69, 9.17) is 4.74 Å². The Morgan fingerprint density at radius 2 is 1.95 bits per heavy atom. The molecule has 1 amide bonds. The largest absolute Gasteiger partial charge is 0.497 e. The summed E-state index contributed by atoms with van der Waals surface area (Å²) in [5.74, 6) is -1.27. The van der Waals surface area contributed by atoms with Crippen LogP contribution in [0, 0.1) is 0 Å². The minimum atomic E-state index is -4.88. The molecule has 3 nitrogen and oxygen atoms in total. The Hall–Kier alpha value is -1.98. The number of ether oxygens (including phenoxy) is 1. The van der Waals surface area contributed by atoms with Crippen LogP contribution in [0.25, 0.3) is 0 Å². The van der Waals surface area contributed by atoms with E-state index in [-0.39, 0.29) is 13.1 Å². The van der Waals surface area contributed by atoms with Crippen molar-refractivity contribution in [2.45, 2.75) is 12.7 Å². The van der Waals surface area contributed by atoms with Crippen LogP contribution in [-0.2, 0) is 11.3 Å². The SMILES string of the molecule is C=CCN(Cc1ccc(OC)cc1)C(=O)C(F)(F)F. The molecule has 0 unspecified atom stereocenters. The lowest BCUT2D eigenvalue weighted by Crippen LogP contribution is -2.40. The van der Waals surface area contributed by atoms with Crippen molar-refractivity contribution >= 4 is 5.91 Å². The molecule has 0 heterocycles. The summed E-state index contributed by atoms with van der Waals surface area (Å²) in [5, 5.41) is 0. The van der Waals surface area contributed by atoms with Gasteiger partial charge < -0.3 is 9.64 Å². The predicted octanol–water partition coefficient (Wildman–Crippen LogP) is 2.77.